The lowest BCUT2D eigenvalue weighted by atomic mass is 9.86. The van der Waals surface area contributed by atoms with Crippen molar-refractivity contribution in [1.29, 1.82) is 0 Å². The van der Waals surface area contributed by atoms with Crippen LogP contribution < -0.4 is 15.5 Å². The summed E-state index contributed by atoms with van der Waals surface area (Å²) in [6.07, 6.45) is 1.37. The van der Waals surface area contributed by atoms with Crippen molar-refractivity contribution in [2.45, 2.75) is 31.2 Å². The summed E-state index contributed by atoms with van der Waals surface area (Å²) in [4.78, 5) is 14.2. The predicted octanol–water partition coefficient (Wildman–Crippen LogP) is 1.81. The van der Waals surface area contributed by atoms with Crippen LogP contribution in [-0.4, -0.2) is 31.2 Å². The summed E-state index contributed by atoms with van der Waals surface area (Å²) in [6.45, 7) is 2.78. The second-order valence-corrected chi connectivity index (χ2v) is 5.81. The van der Waals surface area contributed by atoms with Gasteiger partial charge in [0.1, 0.15) is 5.54 Å². The van der Waals surface area contributed by atoms with E-state index in [4.69, 9.17) is 0 Å². The molecule has 6 heteroatoms. The number of nitrogens with zero attached hydrogens (tertiary/aromatic N) is 1. The molecular weight excluding hydrogens is 276 g/mol. The van der Waals surface area contributed by atoms with Gasteiger partial charge in [0, 0.05) is 18.2 Å². The van der Waals surface area contributed by atoms with Crippen molar-refractivity contribution in [2.24, 2.45) is 0 Å². The van der Waals surface area contributed by atoms with Crippen LogP contribution in [0, 0.1) is 0 Å². The van der Waals surface area contributed by atoms with E-state index in [-0.39, 0.29) is 11.5 Å². The minimum absolute atomic E-state index is 0.00217. The van der Waals surface area contributed by atoms with E-state index in [0.29, 0.717) is 25.2 Å². The smallest absolute Gasteiger partial charge is 0.270 e. The van der Waals surface area contributed by atoms with Crippen LogP contribution in [0.5, 0.6) is 0 Å². The van der Waals surface area contributed by atoms with Gasteiger partial charge in [0.25, 0.3) is 5.92 Å². The third-order valence-electron chi connectivity index (χ3n) is 4.43. The van der Waals surface area contributed by atoms with Crippen LogP contribution in [0.2, 0.25) is 0 Å². The molecule has 1 spiro atoms. The van der Waals surface area contributed by atoms with Crippen LogP contribution in [0.4, 0.5) is 14.5 Å². The zero-order chi connectivity index (χ0) is 15.1. The summed E-state index contributed by atoms with van der Waals surface area (Å²) in [7, 11) is 0. The van der Waals surface area contributed by atoms with Crippen molar-refractivity contribution in [3.8, 4) is 0 Å². The molecule has 1 aromatic carbocycles. The summed E-state index contributed by atoms with van der Waals surface area (Å²) in [5.74, 6) is -2.88. The Balaban J connectivity index is 1.97. The standard InChI is InChI=1S/C15H19F2N3O/c1-14(16,17)11-3-2-4-12(9-11)20-10-19-13(21)15(20)5-7-18-8-6-15/h2-4,9,18H,5-8,10H2,1H3,(H,19,21). The Morgan fingerprint density at radius 2 is 2.00 bits per heavy atom. The number of rotatable bonds is 2. The van der Waals surface area contributed by atoms with Gasteiger partial charge in [-0.15, -0.1) is 0 Å². The molecule has 2 heterocycles. The van der Waals surface area contributed by atoms with E-state index < -0.39 is 11.5 Å². The molecule has 2 fully saturated rings. The molecule has 0 radical (unpaired) electrons. The number of alkyl halides is 2. The second-order valence-electron chi connectivity index (χ2n) is 5.81. The fraction of sp³-hybridized carbons (Fsp3) is 0.533. The molecule has 3 rings (SSSR count). The Kier molecular flexibility index (Phi) is 3.36. The van der Waals surface area contributed by atoms with Crippen molar-refractivity contribution < 1.29 is 13.6 Å². The average molecular weight is 295 g/mol. The van der Waals surface area contributed by atoms with Gasteiger partial charge in [0.2, 0.25) is 5.91 Å². The monoisotopic (exact) mass is 295 g/mol. The summed E-state index contributed by atoms with van der Waals surface area (Å²) in [5, 5.41) is 6.10. The second kappa shape index (κ2) is 4.94. The summed E-state index contributed by atoms with van der Waals surface area (Å²) < 4.78 is 27.0. The van der Waals surface area contributed by atoms with Gasteiger partial charge in [-0.05, 0) is 38.1 Å². The van der Waals surface area contributed by atoms with Gasteiger partial charge >= 0.3 is 0 Å². The Morgan fingerprint density at radius 3 is 2.67 bits per heavy atom. The van der Waals surface area contributed by atoms with Crippen LogP contribution >= 0.6 is 0 Å². The normalized spacial score (nSPS) is 21.7. The topological polar surface area (TPSA) is 44.4 Å². The predicted molar refractivity (Wildman–Crippen MR) is 76.3 cm³/mol. The molecule has 0 unspecified atom stereocenters. The van der Waals surface area contributed by atoms with E-state index in [0.717, 1.165) is 20.0 Å². The van der Waals surface area contributed by atoms with Crippen molar-refractivity contribution >= 4 is 11.6 Å². The van der Waals surface area contributed by atoms with Crippen LogP contribution in [0.15, 0.2) is 24.3 Å². The number of piperidine rings is 1. The lowest BCUT2D eigenvalue weighted by molar-refractivity contribution is -0.124. The van der Waals surface area contributed by atoms with Crippen LogP contribution in [0.3, 0.4) is 0 Å². The highest BCUT2D eigenvalue weighted by Crippen LogP contribution is 2.37. The van der Waals surface area contributed by atoms with Gasteiger partial charge in [0.15, 0.2) is 0 Å². The van der Waals surface area contributed by atoms with Crippen molar-refractivity contribution in [3.05, 3.63) is 29.8 Å². The van der Waals surface area contributed by atoms with E-state index in [2.05, 4.69) is 10.6 Å². The maximum atomic E-state index is 13.5. The SMILES string of the molecule is CC(F)(F)c1cccc(N2CNC(=O)C23CCNCC3)c1. The summed E-state index contributed by atoms with van der Waals surface area (Å²) in [5.41, 5.74) is 0.0464. The third kappa shape index (κ3) is 2.37. The molecule has 2 saturated heterocycles. The molecule has 21 heavy (non-hydrogen) atoms. The van der Waals surface area contributed by atoms with Crippen molar-refractivity contribution in [1.82, 2.24) is 10.6 Å². The lowest BCUT2D eigenvalue weighted by Crippen LogP contribution is -2.55. The zero-order valence-electron chi connectivity index (χ0n) is 12.0. The average Bonchev–Trinajstić information content (AvgIpc) is 2.76. The van der Waals surface area contributed by atoms with E-state index in [9.17, 15) is 13.6 Å². The first-order chi connectivity index (χ1) is 9.93. The van der Waals surface area contributed by atoms with Crippen molar-refractivity contribution in [3.63, 3.8) is 0 Å². The Hall–Kier alpha value is -1.69. The Bertz CT molecular complexity index is 550. The molecule has 2 aliphatic rings. The van der Waals surface area contributed by atoms with E-state index >= 15 is 0 Å². The number of nitrogens with one attached hydrogen (secondary N) is 2. The molecule has 1 amide bonds. The molecule has 0 atom stereocenters. The number of carbonyl (C=O) groups is 1. The number of carbonyl (C=O) groups excluding carboxylic acids is 1. The first-order valence-corrected chi connectivity index (χ1v) is 7.18. The van der Waals surface area contributed by atoms with E-state index in [1.54, 1.807) is 12.1 Å². The summed E-state index contributed by atoms with van der Waals surface area (Å²) >= 11 is 0. The van der Waals surface area contributed by atoms with Crippen LogP contribution in [0.25, 0.3) is 0 Å². The molecule has 1 aromatic rings. The first-order valence-electron chi connectivity index (χ1n) is 7.18. The summed E-state index contributed by atoms with van der Waals surface area (Å²) in [6, 6.07) is 6.33. The van der Waals surface area contributed by atoms with Gasteiger partial charge in [-0.25, -0.2) is 8.78 Å². The fourth-order valence-electron chi connectivity index (χ4n) is 3.21. The largest absolute Gasteiger partial charge is 0.339 e. The van der Waals surface area contributed by atoms with E-state index in [1.165, 1.54) is 12.1 Å². The lowest BCUT2D eigenvalue weighted by Gasteiger charge is -2.40. The maximum absolute atomic E-state index is 13.5. The molecule has 2 N–H and O–H groups in total. The Labute approximate surface area is 122 Å². The first kappa shape index (κ1) is 14.3. The molecule has 0 bridgehead atoms. The third-order valence-corrected chi connectivity index (χ3v) is 4.43. The molecule has 114 valence electrons. The van der Waals surface area contributed by atoms with Gasteiger partial charge in [-0.3, -0.25) is 4.79 Å². The van der Waals surface area contributed by atoms with Gasteiger partial charge < -0.3 is 15.5 Å². The zero-order valence-corrected chi connectivity index (χ0v) is 12.0. The molecule has 4 nitrogen and oxygen atoms in total. The molecule has 0 aromatic heterocycles. The number of halogens is 2. The van der Waals surface area contributed by atoms with E-state index in [1.807, 2.05) is 4.90 Å². The quantitative estimate of drug-likeness (QED) is 0.874. The van der Waals surface area contributed by atoms with Gasteiger partial charge in [-0.1, -0.05) is 12.1 Å². The number of hydrogen-bond acceptors (Lipinski definition) is 3. The highest BCUT2D eigenvalue weighted by Gasteiger charge is 2.49. The maximum Gasteiger partial charge on any atom is 0.270 e. The highest BCUT2D eigenvalue weighted by molar-refractivity contribution is 5.93. The van der Waals surface area contributed by atoms with Crippen molar-refractivity contribution in [2.75, 3.05) is 24.7 Å². The Morgan fingerprint density at radius 1 is 1.29 bits per heavy atom. The van der Waals surface area contributed by atoms with Crippen LogP contribution in [-0.2, 0) is 10.7 Å². The molecule has 2 aliphatic heterocycles. The number of amides is 1. The van der Waals surface area contributed by atoms with Gasteiger partial charge in [-0.2, -0.15) is 0 Å². The molecular formula is C15H19F2N3O. The number of benzene rings is 1. The minimum atomic E-state index is -2.88. The van der Waals surface area contributed by atoms with Gasteiger partial charge in [0.05, 0.1) is 6.67 Å². The molecule has 0 aliphatic carbocycles. The van der Waals surface area contributed by atoms with Crippen LogP contribution in [0.1, 0.15) is 25.3 Å². The molecule has 0 saturated carbocycles. The highest BCUT2D eigenvalue weighted by atomic mass is 19.3. The number of anilines is 1. The fourth-order valence-corrected chi connectivity index (χ4v) is 3.21. The number of hydrogen-bond donors (Lipinski definition) is 2. The minimum Gasteiger partial charge on any atom is -0.339 e.